The SMILES string of the molecule is CC(C)CC1CS(=O)C1. The van der Waals surface area contributed by atoms with Crippen LogP contribution in [-0.2, 0) is 10.8 Å². The van der Waals surface area contributed by atoms with E-state index in [4.69, 9.17) is 0 Å². The van der Waals surface area contributed by atoms with Gasteiger partial charge in [0.15, 0.2) is 0 Å². The van der Waals surface area contributed by atoms with Crippen molar-refractivity contribution in [3.05, 3.63) is 0 Å². The normalized spacial score (nSPS) is 34.6. The van der Waals surface area contributed by atoms with E-state index >= 15 is 0 Å². The third-order valence-corrected chi connectivity index (χ3v) is 3.33. The molecule has 0 N–H and O–H groups in total. The van der Waals surface area contributed by atoms with Gasteiger partial charge in [-0.1, -0.05) is 13.8 Å². The Hall–Kier alpha value is 0.150. The lowest BCUT2D eigenvalue weighted by Crippen LogP contribution is -2.31. The van der Waals surface area contributed by atoms with Crippen LogP contribution < -0.4 is 0 Å². The van der Waals surface area contributed by atoms with E-state index in [-0.39, 0.29) is 0 Å². The molecule has 1 heterocycles. The predicted octanol–water partition coefficient (Wildman–Crippen LogP) is 1.41. The van der Waals surface area contributed by atoms with Crippen molar-refractivity contribution in [2.75, 3.05) is 11.5 Å². The highest BCUT2D eigenvalue weighted by Gasteiger charge is 2.25. The summed E-state index contributed by atoms with van der Waals surface area (Å²) in [5.74, 6) is 3.51. The van der Waals surface area contributed by atoms with Gasteiger partial charge >= 0.3 is 0 Å². The van der Waals surface area contributed by atoms with Gasteiger partial charge in [-0.3, -0.25) is 4.21 Å². The quantitative estimate of drug-likeness (QED) is 0.575. The van der Waals surface area contributed by atoms with Crippen LogP contribution >= 0.6 is 0 Å². The van der Waals surface area contributed by atoms with Crippen LogP contribution in [-0.4, -0.2) is 15.7 Å². The molecule has 1 fully saturated rings. The van der Waals surface area contributed by atoms with E-state index in [9.17, 15) is 4.21 Å². The summed E-state index contributed by atoms with van der Waals surface area (Å²) in [7, 11) is -0.438. The van der Waals surface area contributed by atoms with Gasteiger partial charge in [0.2, 0.25) is 0 Å². The van der Waals surface area contributed by atoms with E-state index in [1.165, 1.54) is 6.42 Å². The molecule has 0 aliphatic carbocycles. The molecule has 2 heteroatoms. The fourth-order valence-corrected chi connectivity index (χ4v) is 2.51. The zero-order valence-electron chi connectivity index (χ0n) is 6.09. The maximum absolute atomic E-state index is 10.6. The molecule has 0 aromatic carbocycles. The van der Waals surface area contributed by atoms with E-state index in [1.807, 2.05) is 0 Å². The average Bonchev–Trinajstić information content (AvgIpc) is 1.60. The molecule has 1 saturated heterocycles. The largest absolute Gasteiger partial charge is 0.260 e. The van der Waals surface area contributed by atoms with Crippen molar-refractivity contribution in [3.8, 4) is 0 Å². The standard InChI is InChI=1S/C7H14OS/c1-6(2)3-7-4-9(8)5-7/h6-7H,3-5H2,1-2H3. The monoisotopic (exact) mass is 146 g/mol. The van der Waals surface area contributed by atoms with Gasteiger partial charge in [-0.25, -0.2) is 0 Å². The lowest BCUT2D eigenvalue weighted by atomic mass is 10.0. The van der Waals surface area contributed by atoms with Crippen LogP contribution in [0.4, 0.5) is 0 Å². The van der Waals surface area contributed by atoms with Crippen molar-refractivity contribution in [2.45, 2.75) is 20.3 Å². The second-order valence-electron chi connectivity index (χ2n) is 3.27. The fourth-order valence-electron chi connectivity index (χ4n) is 1.28. The van der Waals surface area contributed by atoms with Gasteiger partial charge in [-0.05, 0) is 18.3 Å². The topological polar surface area (TPSA) is 17.1 Å². The van der Waals surface area contributed by atoms with Gasteiger partial charge < -0.3 is 0 Å². The molecule has 0 atom stereocenters. The van der Waals surface area contributed by atoms with Crippen molar-refractivity contribution in [1.29, 1.82) is 0 Å². The van der Waals surface area contributed by atoms with E-state index in [1.54, 1.807) is 0 Å². The first-order valence-electron chi connectivity index (χ1n) is 3.53. The summed E-state index contributed by atoms with van der Waals surface area (Å²) in [6.45, 7) is 4.45. The molecule has 1 aliphatic heterocycles. The molecule has 0 aromatic heterocycles. The number of rotatable bonds is 2. The van der Waals surface area contributed by atoms with Crippen LogP contribution in [0.25, 0.3) is 0 Å². The summed E-state index contributed by atoms with van der Waals surface area (Å²) in [5, 5.41) is 0. The first kappa shape index (κ1) is 7.26. The molecular weight excluding hydrogens is 132 g/mol. The fraction of sp³-hybridized carbons (Fsp3) is 1.00. The molecule has 9 heavy (non-hydrogen) atoms. The van der Waals surface area contributed by atoms with Crippen molar-refractivity contribution in [2.24, 2.45) is 11.8 Å². The van der Waals surface area contributed by atoms with E-state index in [2.05, 4.69) is 13.8 Å². The van der Waals surface area contributed by atoms with Crippen LogP contribution in [0.1, 0.15) is 20.3 Å². The Balaban J connectivity index is 2.11. The third-order valence-electron chi connectivity index (χ3n) is 1.65. The summed E-state index contributed by atoms with van der Waals surface area (Å²) < 4.78 is 10.6. The van der Waals surface area contributed by atoms with Gasteiger partial charge in [0.05, 0.1) is 0 Å². The molecule has 0 bridgehead atoms. The molecule has 0 aromatic rings. The molecule has 54 valence electrons. The molecule has 0 amide bonds. The molecule has 0 radical (unpaired) electrons. The van der Waals surface area contributed by atoms with E-state index in [0.717, 1.165) is 23.3 Å². The Labute approximate surface area is 59.3 Å². The molecule has 0 saturated carbocycles. The zero-order chi connectivity index (χ0) is 6.85. The Morgan fingerprint density at radius 1 is 1.56 bits per heavy atom. The van der Waals surface area contributed by atoms with Gasteiger partial charge in [0.1, 0.15) is 0 Å². The molecule has 1 nitrogen and oxygen atoms in total. The van der Waals surface area contributed by atoms with Crippen LogP contribution in [0.5, 0.6) is 0 Å². The third kappa shape index (κ3) is 2.09. The smallest absolute Gasteiger partial charge is 0.0272 e. The molecule has 0 spiro atoms. The predicted molar refractivity (Wildman–Crippen MR) is 40.8 cm³/mol. The Bertz CT molecular complexity index is 112. The molecule has 1 aliphatic rings. The molecule has 1 rings (SSSR count). The molecular formula is C7H14OS. The highest BCUT2D eigenvalue weighted by Crippen LogP contribution is 2.21. The highest BCUT2D eigenvalue weighted by atomic mass is 32.2. The average molecular weight is 146 g/mol. The van der Waals surface area contributed by atoms with Crippen molar-refractivity contribution in [3.63, 3.8) is 0 Å². The first-order valence-corrected chi connectivity index (χ1v) is 5.02. The van der Waals surface area contributed by atoms with Crippen LogP contribution in [0.2, 0.25) is 0 Å². The van der Waals surface area contributed by atoms with E-state index < -0.39 is 10.8 Å². The summed E-state index contributed by atoms with van der Waals surface area (Å²) >= 11 is 0. The number of hydrogen-bond acceptors (Lipinski definition) is 1. The lowest BCUT2D eigenvalue weighted by Gasteiger charge is -2.25. The van der Waals surface area contributed by atoms with Crippen molar-refractivity contribution < 1.29 is 4.21 Å². The highest BCUT2D eigenvalue weighted by molar-refractivity contribution is 7.86. The maximum Gasteiger partial charge on any atom is 0.0272 e. The Morgan fingerprint density at radius 2 is 2.11 bits per heavy atom. The second-order valence-corrected chi connectivity index (χ2v) is 4.82. The summed E-state index contributed by atoms with van der Waals surface area (Å²) in [5.41, 5.74) is 0. The van der Waals surface area contributed by atoms with Crippen molar-refractivity contribution >= 4 is 10.8 Å². The van der Waals surface area contributed by atoms with Crippen LogP contribution in [0.3, 0.4) is 0 Å². The first-order chi connectivity index (χ1) is 4.18. The Morgan fingerprint density at radius 3 is 2.44 bits per heavy atom. The minimum atomic E-state index is -0.438. The van der Waals surface area contributed by atoms with Gasteiger partial charge in [0.25, 0.3) is 0 Å². The van der Waals surface area contributed by atoms with Crippen molar-refractivity contribution in [1.82, 2.24) is 0 Å². The van der Waals surface area contributed by atoms with Gasteiger partial charge in [-0.15, -0.1) is 0 Å². The Kier molecular flexibility index (Phi) is 2.28. The minimum absolute atomic E-state index is 0.438. The number of hydrogen-bond donors (Lipinski definition) is 0. The minimum Gasteiger partial charge on any atom is -0.260 e. The second kappa shape index (κ2) is 2.82. The van der Waals surface area contributed by atoms with Crippen LogP contribution in [0, 0.1) is 11.8 Å². The lowest BCUT2D eigenvalue weighted by molar-refractivity contribution is 0.453. The summed E-state index contributed by atoms with van der Waals surface area (Å²) in [6.07, 6.45) is 1.27. The van der Waals surface area contributed by atoms with Gasteiger partial charge in [-0.2, -0.15) is 0 Å². The summed E-state index contributed by atoms with van der Waals surface area (Å²) in [4.78, 5) is 0. The van der Waals surface area contributed by atoms with E-state index in [0.29, 0.717) is 0 Å². The van der Waals surface area contributed by atoms with Crippen LogP contribution in [0.15, 0.2) is 0 Å². The molecule has 0 unspecified atom stereocenters. The van der Waals surface area contributed by atoms with Gasteiger partial charge in [0, 0.05) is 22.3 Å². The zero-order valence-corrected chi connectivity index (χ0v) is 6.91. The maximum atomic E-state index is 10.6. The summed E-state index contributed by atoms with van der Waals surface area (Å²) in [6, 6.07) is 0.